The number of hydrogen-bond acceptors (Lipinski definition) is 3. The monoisotopic (exact) mass is 262 g/mol. The average Bonchev–Trinajstić information content (AvgIpc) is 2.30. The molecule has 17 heavy (non-hydrogen) atoms. The maximum absolute atomic E-state index is 12.1. The number of rotatable bonds is 7. The Morgan fingerprint density at radius 3 is 2.59 bits per heavy atom. The summed E-state index contributed by atoms with van der Waals surface area (Å²) in [7, 11) is -3.03. The van der Waals surface area contributed by atoms with Crippen LogP contribution in [-0.4, -0.2) is 44.7 Å². The fraction of sp³-hybridized carbons (Fsp3) is 1.00. The van der Waals surface area contributed by atoms with E-state index in [2.05, 4.69) is 5.32 Å². The molecule has 1 rings (SSSR count). The van der Waals surface area contributed by atoms with Crippen LogP contribution in [0.2, 0.25) is 0 Å². The number of sulfonamides is 1. The second-order valence-electron chi connectivity index (χ2n) is 4.89. The Labute approximate surface area is 106 Å². The van der Waals surface area contributed by atoms with Gasteiger partial charge in [0, 0.05) is 13.1 Å². The third-order valence-corrected chi connectivity index (χ3v) is 5.23. The van der Waals surface area contributed by atoms with Crippen LogP contribution in [0.25, 0.3) is 0 Å². The van der Waals surface area contributed by atoms with Crippen LogP contribution in [-0.2, 0) is 10.0 Å². The van der Waals surface area contributed by atoms with Gasteiger partial charge in [0.1, 0.15) is 0 Å². The van der Waals surface area contributed by atoms with Crippen molar-refractivity contribution in [3.63, 3.8) is 0 Å². The summed E-state index contributed by atoms with van der Waals surface area (Å²) in [5, 5.41) is 3.34. The number of hydrogen-bond donors (Lipinski definition) is 1. The Hall–Kier alpha value is -0.130. The van der Waals surface area contributed by atoms with E-state index in [4.69, 9.17) is 0 Å². The molecule has 0 bridgehead atoms. The fourth-order valence-corrected chi connectivity index (χ4v) is 4.02. The summed E-state index contributed by atoms with van der Waals surface area (Å²) < 4.78 is 25.9. The van der Waals surface area contributed by atoms with Gasteiger partial charge in [-0.2, -0.15) is 0 Å². The van der Waals surface area contributed by atoms with Crippen molar-refractivity contribution < 1.29 is 8.42 Å². The molecule has 0 aliphatic carbocycles. The first-order valence-electron chi connectivity index (χ1n) is 6.78. The predicted molar refractivity (Wildman–Crippen MR) is 71.5 cm³/mol. The quantitative estimate of drug-likeness (QED) is 0.755. The minimum Gasteiger partial charge on any atom is -0.316 e. The van der Waals surface area contributed by atoms with E-state index >= 15 is 0 Å². The smallest absolute Gasteiger partial charge is 0.214 e. The van der Waals surface area contributed by atoms with Gasteiger partial charge in [-0.3, -0.25) is 0 Å². The number of piperidine rings is 1. The molecule has 1 aliphatic rings. The van der Waals surface area contributed by atoms with E-state index in [1.807, 2.05) is 13.8 Å². The van der Waals surface area contributed by atoms with Crippen LogP contribution in [0.3, 0.4) is 0 Å². The molecule has 0 radical (unpaired) electrons. The Morgan fingerprint density at radius 1 is 1.29 bits per heavy atom. The van der Waals surface area contributed by atoms with E-state index in [9.17, 15) is 8.42 Å². The normalized spacial score (nSPS) is 21.9. The highest BCUT2D eigenvalue weighted by atomic mass is 32.2. The van der Waals surface area contributed by atoms with Crippen molar-refractivity contribution in [2.45, 2.75) is 39.5 Å². The topological polar surface area (TPSA) is 49.4 Å². The predicted octanol–water partition coefficient (Wildman–Crippen LogP) is 1.44. The molecule has 1 N–H and O–H groups in total. The Bertz CT molecular complexity index is 298. The van der Waals surface area contributed by atoms with Gasteiger partial charge in [0.15, 0.2) is 0 Å². The third kappa shape index (κ3) is 4.94. The number of nitrogens with one attached hydrogen (secondary N) is 1. The maximum atomic E-state index is 12.1. The molecule has 102 valence electrons. The molecule has 1 fully saturated rings. The van der Waals surface area contributed by atoms with Crippen molar-refractivity contribution in [2.24, 2.45) is 5.92 Å². The van der Waals surface area contributed by atoms with Gasteiger partial charge >= 0.3 is 0 Å². The molecule has 0 saturated carbocycles. The van der Waals surface area contributed by atoms with E-state index in [-0.39, 0.29) is 5.75 Å². The zero-order chi connectivity index (χ0) is 12.7. The molecule has 1 aliphatic heterocycles. The van der Waals surface area contributed by atoms with Gasteiger partial charge in [-0.15, -0.1) is 0 Å². The van der Waals surface area contributed by atoms with Gasteiger partial charge in [-0.25, -0.2) is 12.7 Å². The van der Waals surface area contributed by atoms with Crippen LogP contribution in [0.1, 0.15) is 39.5 Å². The van der Waals surface area contributed by atoms with Crippen molar-refractivity contribution in [1.29, 1.82) is 0 Å². The van der Waals surface area contributed by atoms with Crippen molar-refractivity contribution in [1.82, 2.24) is 9.62 Å². The first-order chi connectivity index (χ1) is 8.10. The van der Waals surface area contributed by atoms with Crippen LogP contribution in [0.4, 0.5) is 0 Å². The lowest BCUT2D eigenvalue weighted by Crippen LogP contribution is -2.42. The summed E-state index contributed by atoms with van der Waals surface area (Å²) >= 11 is 0. The highest BCUT2D eigenvalue weighted by Gasteiger charge is 2.24. The maximum Gasteiger partial charge on any atom is 0.214 e. The Balaban J connectivity index is 2.58. The molecule has 0 amide bonds. The SMILES string of the molecule is CCCN(CC1CCCNC1)S(=O)(=O)CCC. The van der Waals surface area contributed by atoms with Gasteiger partial charge in [0.25, 0.3) is 0 Å². The lowest BCUT2D eigenvalue weighted by molar-refractivity contribution is 0.291. The average molecular weight is 262 g/mol. The third-order valence-electron chi connectivity index (χ3n) is 3.19. The van der Waals surface area contributed by atoms with Crippen LogP contribution < -0.4 is 5.32 Å². The largest absolute Gasteiger partial charge is 0.316 e. The molecule has 0 aromatic rings. The molecule has 1 atom stereocenters. The molecule has 1 saturated heterocycles. The van der Waals surface area contributed by atoms with Gasteiger partial charge < -0.3 is 5.32 Å². The zero-order valence-electron chi connectivity index (χ0n) is 11.1. The molecule has 5 heteroatoms. The standard InChI is InChI=1S/C12H26N2O2S/c1-3-8-14(17(15,16)9-4-2)11-12-6-5-7-13-10-12/h12-13H,3-11H2,1-2H3. The molecule has 1 unspecified atom stereocenters. The van der Waals surface area contributed by atoms with Crippen LogP contribution in [0.5, 0.6) is 0 Å². The summed E-state index contributed by atoms with van der Waals surface area (Å²) in [4.78, 5) is 0. The van der Waals surface area contributed by atoms with Crippen molar-refractivity contribution in [3.05, 3.63) is 0 Å². The van der Waals surface area contributed by atoms with Gasteiger partial charge in [0.05, 0.1) is 5.75 Å². The van der Waals surface area contributed by atoms with Gasteiger partial charge in [-0.1, -0.05) is 13.8 Å². The van der Waals surface area contributed by atoms with Gasteiger partial charge in [-0.05, 0) is 44.7 Å². The number of nitrogens with zero attached hydrogens (tertiary/aromatic N) is 1. The molecule has 0 spiro atoms. The van der Waals surface area contributed by atoms with Crippen molar-refractivity contribution >= 4 is 10.0 Å². The van der Waals surface area contributed by atoms with Crippen LogP contribution in [0.15, 0.2) is 0 Å². The molecular formula is C12H26N2O2S. The van der Waals surface area contributed by atoms with E-state index < -0.39 is 10.0 Å². The van der Waals surface area contributed by atoms with E-state index in [1.165, 1.54) is 6.42 Å². The summed E-state index contributed by atoms with van der Waals surface area (Å²) in [5.74, 6) is 0.773. The van der Waals surface area contributed by atoms with Crippen molar-refractivity contribution in [3.8, 4) is 0 Å². The minimum atomic E-state index is -3.03. The first kappa shape index (κ1) is 14.9. The van der Waals surface area contributed by atoms with Crippen molar-refractivity contribution in [2.75, 3.05) is 31.9 Å². The first-order valence-corrected chi connectivity index (χ1v) is 8.39. The highest BCUT2D eigenvalue weighted by molar-refractivity contribution is 7.89. The molecule has 1 heterocycles. The fourth-order valence-electron chi connectivity index (χ4n) is 2.35. The highest BCUT2D eigenvalue weighted by Crippen LogP contribution is 2.15. The van der Waals surface area contributed by atoms with E-state index in [0.717, 1.165) is 25.9 Å². The van der Waals surface area contributed by atoms with E-state index in [0.29, 0.717) is 25.4 Å². The van der Waals surface area contributed by atoms with Gasteiger partial charge in [0.2, 0.25) is 10.0 Å². The Kier molecular flexibility index (Phi) is 6.44. The zero-order valence-corrected chi connectivity index (χ0v) is 11.9. The second kappa shape index (κ2) is 7.34. The van der Waals surface area contributed by atoms with E-state index in [1.54, 1.807) is 4.31 Å². The summed E-state index contributed by atoms with van der Waals surface area (Å²) in [5.41, 5.74) is 0. The van der Waals surface area contributed by atoms with Crippen LogP contribution in [0, 0.1) is 5.92 Å². The molecular weight excluding hydrogens is 236 g/mol. The summed E-state index contributed by atoms with van der Waals surface area (Å²) in [6.45, 7) is 7.35. The molecule has 4 nitrogen and oxygen atoms in total. The summed E-state index contributed by atoms with van der Waals surface area (Å²) in [6, 6.07) is 0. The lowest BCUT2D eigenvalue weighted by Gasteiger charge is -2.29. The second-order valence-corrected chi connectivity index (χ2v) is 6.97. The summed E-state index contributed by atoms with van der Waals surface area (Å²) in [6.07, 6.45) is 3.90. The molecule has 0 aromatic heterocycles. The lowest BCUT2D eigenvalue weighted by atomic mass is 10.00. The minimum absolute atomic E-state index is 0.285. The van der Waals surface area contributed by atoms with Crippen LogP contribution >= 0.6 is 0 Å². The Morgan fingerprint density at radius 2 is 2.06 bits per heavy atom. The molecule has 0 aromatic carbocycles.